The minimum absolute atomic E-state index is 0.0830. The van der Waals surface area contributed by atoms with E-state index in [9.17, 15) is 5.11 Å². The van der Waals surface area contributed by atoms with Crippen LogP contribution < -0.4 is 0 Å². The second-order valence-electron chi connectivity index (χ2n) is 4.97. The third-order valence-electron chi connectivity index (χ3n) is 3.59. The lowest BCUT2D eigenvalue weighted by Crippen LogP contribution is -2.09. The molecule has 2 atom stereocenters. The maximum absolute atomic E-state index is 9.67. The molecule has 1 nitrogen and oxygen atoms in total. The quantitative estimate of drug-likeness (QED) is 0.603. The van der Waals surface area contributed by atoms with E-state index in [1.807, 2.05) is 0 Å². The van der Waals surface area contributed by atoms with Gasteiger partial charge in [-0.25, -0.2) is 0 Å². The molecule has 1 aromatic rings. The summed E-state index contributed by atoms with van der Waals surface area (Å²) in [6.45, 7) is 0. The molecule has 0 radical (unpaired) electrons. The van der Waals surface area contributed by atoms with E-state index in [0.717, 1.165) is 25.7 Å². The van der Waals surface area contributed by atoms with Crippen LogP contribution in [0.15, 0.2) is 42.5 Å². The molecule has 1 heteroatoms. The van der Waals surface area contributed by atoms with Crippen LogP contribution in [0.4, 0.5) is 0 Å². The second-order valence-corrected chi connectivity index (χ2v) is 4.97. The number of aryl methyl sites for hydroxylation is 1. The highest BCUT2D eigenvalue weighted by molar-refractivity contribution is 5.14. The number of aliphatic hydroxyl groups excluding tert-OH is 1. The van der Waals surface area contributed by atoms with Crippen molar-refractivity contribution in [1.82, 2.24) is 0 Å². The number of benzene rings is 1. The van der Waals surface area contributed by atoms with Gasteiger partial charge >= 0.3 is 0 Å². The molecule has 92 valence electrons. The number of hydrogen-bond acceptors (Lipinski definition) is 1. The molecule has 0 heterocycles. The topological polar surface area (TPSA) is 20.2 Å². The maximum atomic E-state index is 9.67. The fourth-order valence-corrected chi connectivity index (χ4v) is 2.53. The SMILES string of the molecule is OC1CCCC1/C=C/CCCc1ccccc1. The number of rotatable bonds is 5. The largest absolute Gasteiger partial charge is 0.393 e. The number of aliphatic hydroxyl groups is 1. The predicted molar refractivity (Wildman–Crippen MR) is 71.9 cm³/mol. The van der Waals surface area contributed by atoms with Gasteiger partial charge in [-0.3, -0.25) is 0 Å². The fourth-order valence-electron chi connectivity index (χ4n) is 2.53. The summed E-state index contributed by atoms with van der Waals surface area (Å²) in [7, 11) is 0. The first kappa shape index (κ1) is 12.4. The zero-order valence-electron chi connectivity index (χ0n) is 10.4. The molecule has 0 saturated heterocycles. The average Bonchev–Trinajstić information content (AvgIpc) is 2.76. The highest BCUT2D eigenvalue weighted by Crippen LogP contribution is 2.26. The summed E-state index contributed by atoms with van der Waals surface area (Å²) in [4.78, 5) is 0. The Morgan fingerprint density at radius 2 is 2.00 bits per heavy atom. The molecule has 0 bridgehead atoms. The minimum Gasteiger partial charge on any atom is -0.393 e. The lowest BCUT2D eigenvalue weighted by molar-refractivity contribution is 0.153. The van der Waals surface area contributed by atoms with E-state index >= 15 is 0 Å². The van der Waals surface area contributed by atoms with E-state index in [2.05, 4.69) is 42.5 Å². The first-order chi connectivity index (χ1) is 8.36. The van der Waals surface area contributed by atoms with E-state index in [1.54, 1.807) is 0 Å². The first-order valence-corrected chi connectivity index (χ1v) is 6.75. The van der Waals surface area contributed by atoms with Crippen LogP contribution in [0.3, 0.4) is 0 Å². The van der Waals surface area contributed by atoms with Crippen LogP contribution in [0.1, 0.15) is 37.7 Å². The monoisotopic (exact) mass is 230 g/mol. The lowest BCUT2D eigenvalue weighted by Gasteiger charge is -2.08. The molecule has 2 unspecified atom stereocenters. The van der Waals surface area contributed by atoms with Crippen molar-refractivity contribution in [2.75, 3.05) is 0 Å². The molecule has 1 fully saturated rings. The third-order valence-corrected chi connectivity index (χ3v) is 3.59. The first-order valence-electron chi connectivity index (χ1n) is 6.75. The Labute approximate surface area is 104 Å². The van der Waals surface area contributed by atoms with E-state index in [4.69, 9.17) is 0 Å². The van der Waals surface area contributed by atoms with Gasteiger partial charge in [-0.15, -0.1) is 0 Å². The Morgan fingerprint density at radius 1 is 1.18 bits per heavy atom. The number of hydrogen-bond donors (Lipinski definition) is 1. The van der Waals surface area contributed by atoms with Crippen molar-refractivity contribution in [3.63, 3.8) is 0 Å². The van der Waals surface area contributed by atoms with Crippen molar-refractivity contribution in [3.05, 3.63) is 48.0 Å². The van der Waals surface area contributed by atoms with Gasteiger partial charge in [0.1, 0.15) is 0 Å². The molecule has 2 rings (SSSR count). The van der Waals surface area contributed by atoms with E-state index in [1.165, 1.54) is 18.4 Å². The summed E-state index contributed by atoms with van der Waals surface area (Å²) in [6, 6.07) is 10.6. The summed E-state index contributed by atoms with van der Waals surface area (Å²) in [5, 5.41) is 9.67. The fraction of sp³-hybridized carbons (Fsp3) is 0.500. The van der Waals surface area contributed by atoms with Crippen molar-refractivity contribution in [3.8, 4) is 0 Å². The Kier molecular flexibility index (Phi) is 4.81. The van der Waals surface area contributed by atoms with Crippen LogP contribution in [-0.2, 0) is 6.42 Å². The van der Waals surface area contributed by atoms with Crippen molar-refractivity contribution >= 4 is 0 Å². The molecule has 0 aliphatic heterocycles. The highest BCUT2D eigenvalue weighted by Gasteiger charge is 2.21. The normalized spacial score (nSPS) is 24.5. The smallest absolute Gasteiger partial charge is 0.0602 e. The lowest BCUT2D eigenvalue weighted by atomic mass is 10.0. The van der Waals surface area contributed by atoms with Gasteiger partial charge in [-0.2, -0.15) is 0 Å². The van der Waals surface area contributed by atoms with Crippen LogP contribution in [0, 0.1) is 5.92 Å². The molecule has 1 aliphatic rings. The Balaban J connectivity index is 1.64. The summed E-state index contributed by atoms with van der Waals surface area (Å²) in [5.74, 6) is 0.423. The summed E-state index contributed by atoms with van der Waals surface area (Å²) in [5.41, 5.74) is 1.42. The second kappa shape index (κ2) is 6.61. The van der Waals surface area contributed by atoms with Gasteiger partial charge in [-0.1, -0.05) is 48.9 Å². The third kappa shape index (κ3) is 4.01. The van der Waals surface area contributed by atoms with Gasteiger partial charge in [0.05, 0.1) is 6.10 Å². The highest BCUT2D eigenvalue weighted by atomic mass is 16.3. The Hall–Kier alpha value is -1.08. The van der Waals surface area contributed by atoms with Crippen LogP contribution >= 0.6 is 0 Å². The molecule has 0 aromatic heterocycles. The van der Waals surface area contributed by atoms with E-state index in [-0.39, 0.29) is 6.10 Å². The molecule has 1 aromatic carbocycles. The van der Waals surface area contributed by atoms with Crippen LogP contribution in [-0.4, -0.2) is 11.2 Å². The van der Waals surface area contributed by atoms with Gasteiger partial charge in [0.2, 0.25) is 0 Å². The van der Waals surface area contributed by atoms with Crippen LogP contribution in [0.2, 0.25) is 0 Å². The molecule has 1 aliphatic carbocycles. The van der Waals surface area contributed by atoms with E-state index < -0.39 is 0 Å². The number of unbranched alkanes of at least 4 members (excludes halogenated alkanes) is 1. The molecule has 1 N–H and O–H groups in total. The summed E-state index contributed by atoms with van der Waals surface area (Å²) in [6.07, 6.45) is 11.2. The van der Waals surface area contributed by atoms with Crippen molar-refractivity contribution in [2.45, 2.75) is 44.6 Å². The summed E-state index contributed by atoms with van der Waals surface area (Å²) < 4.78 is 0. The van der Waals surface area contributed by atoms with Crippen molar-refractivity contribution in [1.29, 1.82) is 0 Å². The zero-order chi connectivity index (χ0) is 11.9. The molecular formula is C16H22O. The zero-order valence-corrected chi connectivity index (χ0v) is 10.4. The molecule has 17 heavy (non-hydrogen) atoms. The van der Waals surface area contributed by atoms with Gasteiger partial charge in [0.15, 0.2) is 0 Å². The molecule has 0 amide bonds. The average molecular weight is 230 g/mol. The Bertz CT molecular complexity index is 342. The molecular weight excluding hydrogens is 208 g/mol. The predicted octanol–water partition coefficient (Wildman–Crippen LogP) is 3.73. The van der Waals surface area contributed by atoms with Crippen molar-refractivity contribution in [2.24, 2.45) is 5.92 Å². The van der Waals surface area contributed by atoms with Crippen LogP contribution in [0.25, 0.3) is 0 Å². The van der Waals surface area contributed by atoms with Crippen LogP contribution in [0.5, 0.6) is 0 Å². The minimum atomic E-state index is -0.0830. The molecule has 1 saturated carbocycles. The maximum Gasteiger partial charge on any atom is 0.0602 e. The Morgan fingerprint density at radius 3 is 2.71 bits per heavy atom. The van der Waals surface area contributed by atoms with Gasteiger partial charge in [-0.05, 0) is 37.7 Å². The molecule has 0 spiro atoms. The standard InChI is InChI=1S/C16H22O/c17-16-13-7-12-15(16)11-6-2-5-10-14-8-3-1-4-9-14/h1,3-4,6,8-9,11,15-17H,2,5,7,10,12-13H2/b11-6+. The number of allylic oxidation sites excluding steroid dienone is 1. The van der Waals surface area contributed by atoms with Gasteiger partial charge in [0.25, 0.3) is 0 Å². The van der Waals surface area contributed by atoms with E-state index in [0.29, 0.717) is 5.92 Å². The van der Waals surface area contributed by atoms with Gasteiger partial charge < -0.3 is 5.11 Å². The van der Waals surface area contributed by atoms with Gasteiger partial charge in [0, 0.05) is 5.92 Å². The summed E-state index contributed by atoms with van der Waals surface area (Å²) >= 11 is 0. The van der Waals surface area contributed by atoms with Crippen molar-refractivity contribution < 1.29 is 5.11 Å².